The van der Waals surface area contributed by atoms with Crippen LogP contribution in [0.15, 0.2) is 77.8 Å². The van der Waals surface area contributed by atoms with Crippen LogP contribution >= 0.6 is 0 Å². The third-order valence-electron chi connectivity index (χ3n) is 6.46. The van der Waals surface area contributed by atoms with Crippen molar-refractivity contribution in [3.8, 4) is 17.4 Å². The van der Waals surface area contributed by atoms with Crippen LogP contribution in [0.25, 0.3) is 10.9 Å². The molecule has 0 fully saturated rings. The van der Waals surface area contributed by atoms with Crippen LogP contribution < -0.4 is 4.74 Å². The Labute approximate surface area is 212 Å². The number of aromatic hydroxyl groups is 1. The fourth-order valence-electron chi connectivity index (χ4n) is 4.85. The number of fused-ring (bicyclic) bond motifs is 4. The number of phenolic OH excluding ortho intramolecular Hbond substituents is 1. The maximum atomic E-state index is 10.1. The molecule has 0 saturated carbocycles. The number of pyridine rings is 1. The average molecular weight is 631 g/mol. The summed E-state index contributed by atoms with van der Waals surface area (Å²) in [6, 6.07) is 26.3. The van der Waals surface area contributed by atoms with Crippen molar-refractivity contribution in [3.05, 3.63) is 95.6 Å². The summed E-state index contributed by atoms with van der Waals surface area (Å²) >= 11 is 0. The van der Waals surface area contributed by atoms with Gasteiger partial charge in [0.25, 0.3) is 0 Å². The van der Waals surface area contributed by atoms with E-state index in [1.54, 1.807) is 18.2 Å². The summed E-state index contributed by atoms with van der Waals surface area (Å²) in [4.78, 5) is 9.42. The van der Waals surface area contributed by atoms with E-state index in [-0.39, 0.29) is 44.4 Å². The van der Waals surface area contributed by atoms with Gasteiger partial charge in [0, 0.05) is 43.7 Å². The summed E-state index contributed by atoms with van der Waals surface area (Å²) in [6.45, 7) is 4.48. The summed E-state index contributed by atoms with van der Waals surface area (Å²) < 4.78 is 12.4. The topological polar surface area (TPSA) is 63.9 Å². The fraction of sp³-hybridized carbons (Fsp3) is 0.214. The van der Waals surface area contributed by atoms with Crippen molar-refractivity contribution in [1.82, 2.24) is 4.98 Å². The van der Waals surface area contributed by atoms with E-state index < -0.39 is 0 Å². The van der Waals surface area contributed by atoms with Crippen LogP contribution in [-0.2, 0) is 32.2 Å². The minimum absolute atomic E-state index is 0. The van der Waals surface area contributed by atoms with Crippen LogP contribution in [-0.4, -0.2) is 22.1 Å². The Kier molecular flexibility index (Phi) is 5.69. The monoisotopic (exact) mass is 630 g/mol. The molecule has 2 aliphatic rings. The number of aromatic nitrogens is 1. The molecule has 6 rings (SSSR count). The quantitative estimate of drug-likeness (QED) is 0.282. The molecule has 0 unspecified atom stereocenters. The van der Waals surface area contributed by atoms with Gasteiger partial charge in [0.2, 0.25) is 5.88 Å². The van der Waals surface area contributed by atoms with E-state index in [1.165, 1.54) is 11.1 Å². The molecule has 2 atom stereocenters. The third-order valence-corrected chi connectivity index (χ3v) is 6.46. The summed E-state index contributed by atoms with van der Waals surface area (Å²) in [5.74, 6) is 1.60. The van der Waals surface area contributed by atoms with Gasteiger partial charge in [-0.3, -0.25) is 4.99 Å². The number of hydrogen-bond donors (Lipinski definition) is 1. The van der Waals surface area contributed by atoms with Gasteiger partial charge in [0.1, 0.15) is 29.3 Å². The predicted molar refractivity (Wildman–Crippen MR) is 127 cm³/mol. The second kappa shape index (κ2) is 8.56. The Hall–Kier alpha value is -3.17. The van der Waals surface area contributed by atoms with Crippen molar-refractivity contribution in [3.63, 3.8) is 0 Å². The van der Waals surface area contributed by atoms with Gasteiger partial charge in [-0.2, -0.15) is 0 Å². The van der Waals surface area contributed by atoms with Gasteiger partial charge in [0.05, 0.1) is 0 Å². The molecule has 4 aromatic rings. The minimum Gasteiger partial charge on any atom is -0.514 e. The number of ether oxygens (including phenoxy) is 2. The number of nitrogens with zero attached hydrogens (tertiary/aromatic N) is 2. The number of rotatable bonds is 3. The molecule has 1 aromatic heterocycles. The minimum atomic E-state index is -0.0323. The average Bonchev–Trinajstić information content (AvgIpc) is 3.27. The first-order valence-electron chi connectivity index (χ1n) is 11.1. The maximum absolute atomic E-state index is 10.1. The molecule has 5 nitrogen and oxygen atoms in total. The van der Waals surface area contributed by atoms with Crippen LogP contribution in [0.3, 0.4) is 0 Å². The van der Waals surface area contributed by atoms with Gasteiger partial charge in [-0.25, -0.2) is 4.98 Å². The van der Waals surface area contributed by atoms with Gasteiger partial charge < -0.3 is 14.6 Å². The van der Waals surface area contributed by atoms with Crippen LogP contribution in [0.2, 0.25) is 0 Å². The normalized spacial score (nSPS) is 19.9. The van der Waals surface area contributed by atoms with Crippen molar-refractivity contribution >= 4 is 16.8 Å². The number of phenols is 1. The Balaban J connectivity index is 0.00000241. The van der Waals surface area contributed by atoms with Crippen LogP contribution in [0.4, 0.5) is 0 Å². The molecule has 1 aliphatic carbocycles. The van der Waals surface area contributed by atoms with Gasteiger partial charge in [-0.15, -0.1) is 18.2 Å². The summed E-state index contributed by atoms with van der Waals surface area (Å²) in [5, 5.41) is 11.0. The third kappa shape index (κ3) is 3.88. The van der Waals surface area contributed by atoms with E-state index in [2.05, 4.69) is 49.2 Å². The number of benzene rings is 3. The predicted octanol–water partition coefficient (Wildman–Crippen LogP) is 6.00. The molecular weight excluding hydrogens is 607 g/mol. The Morgan fingerprint density at radius 3 is 2.71 bits per heavy atom. The van der Waals surface area contributed by atoms with Crippen molar-refractivity contribution in [2.75, 3.05) is 0 Å². The second-order valence-corrected chi connectivity index (χ2v) is 9.31. The second-order valence-electron chi connectivity index (χ2n) is 9.31. The summed E-state index contributed by atoms with van der Waals surface area (Å²) in [5.41, 5.74) is 3.79. The van der Waals surface area contributed by atoms with E-state index in [0.717, 1.165) is 17.4 Å². The van der Waals surface area contributed by atoms with Crippen LogP contribution in [0.1, 0.15) is 36.6 Å². The molecule has 2 heterocycles. The van der Waals surface area contributed by atoms with E-state index in [4.69, 9.17) is 14.5 Å². The van der Waals surface area contributed by atoms with Gasteiger partial charge in [-0.05, 0) is 29.7 Å². The van der Waals surface area contributed by atoms with E-state index in [0.29, 0.717) is 23.0 Å². The SMILES string of the molecule is CC1(C)Cc2ccccc2[C@@H]2N=C(c3[c-]c(Oc4ccc5cccc(O)c5n4)ccc3)O[C@H]21.[Pt]. The summed E-state index contributed by atoms with van der Waals surface area (Å²) in [6.07, 6.45) is 0.936. The molecule has 0 spiro atoms. The van der Waals surface area contributed by atoms with Crippen molar-refractivity contribution in [2.24, 2.45) is 10.4 Å². The van der Waals surface area contributed by atoms with Crippen molar-refractivity contribution in [2.45, 2.75) is 32.4 Å². The van der Waals surface area contributed by atoms with Gasteiger partial charge in [0.15, 0.2) is 0 Å². The first-order valence-corrected chi connectivity index (χ1v) is 11.1. The van der Waals surface area contributed by atoms with Crippen LogP contribution in [0.5, 0.6) is 17.4 Å². The van der Waals surface area contributed by atoms with E-state index >= 15 is 0 Å². The molecular formula is C28H23N2O3Pt-. The smallest absolute Gasteiger partial charge is 0.217 e. The molecule has 0 radical (unpaired) electrons. The van der Waals surface area contributed by atoms with Gasteiger partial charge >= 0.3 is 0 Å². The van der Waals surface area contributed by atoms with E-state index in [1.807, 2.05) is 30.3 Å². The maximum Gasteiger partial charge on any atom is 0.217 e. The molecule has 0 bridgehead atoms. The van der Waals surface area contributed by atoms with Gasteiger partial charge in [-0.1, -0.05) is 61.9 Å². The van der Waals surface area contributed by atoms with E-state index in [9.17, 15) is 5.11 Å². The molecule has 3 aromatic carbocycles. The zero-order chi connectivity index (χ0) is 22.6. The molecule has 0 saturated heterocycles. The zero-order valence-corrected chi connectivity index (χ0v) is 21.0. The molecule has 34 heavy (non-hydrogen) atoms. The first kappa shape index (κ1) is 22.6. The molecule has 0 amide bonds. The summed E-state index contributed by atoms with van der Waals surface area (Å²) in [7, 11) is 0. The largest absolute Gasteiger partial charge is 0.514 e. The van der Waals surface area contributed by atoms with Crippen LogP contribution in [0, 0.1) is 11.5 Å². The standard InChI is InChI=1S/C28H23N2O3.Pt/c1-28(2)16-19-7-3-4-11-21(19)25-26(28)33-27(30-25)18-9-5-10-20(15-18)32-23-14-13-17-8-6-12-22(31)24(17)29-23;/h3-14,25-26,31H,16H2,1-2H3;/q-1;/t25-,26+;/m0./s1. The zero-order valence-electron chi connectivity index (χ0n) is 18.8. The number of aliphatic imine (C=N–C) groups is 1. The number of hydrogen-bond acceptors (Lipinski definition) is 5. The van der Waals surface area contributed by atoms with Crippen molar-refractivity contribution < 1.29 is 35.6 Å². The molecule has 174 valence electrons. The molecule has 6 heteroatoms. The molecule has 1 N–H and O–H groups in total. The first-order chi connectivity index (χ1) is 16.0. The fourth-order valence-corrected chi connectivity index (χ4v) is 4.85. The molecule has 1 aliphatic heterocycles. The Morgan fingerprint density at radius 2 is 1.82 bits per heavy atom. The Bertz CT molecular complexity index is 1420. The number of para-hydroxylation sites is 1. The Morgan fingerprint density at radius 1 is 1.00 bits per heavy atom. The van der Waals surface area contributed by atoms with Crippen molar-refractivity contribution in [1.29, 1.82) is 0 Å².